The summed E-state index contributed by atoms with van der Waals surface area (Å²) in [6, 6.07) is 6.56. The number of aromatic nitrogens is 1. The number of ketones is 1. The van der Waals surface area contributed by atoms with Crippen LogP contribution in [0.5, 0.6) is 0 Å². The molecule has 0 saturated heterocycles. The Kier molecular flexibility index (Phi) is 2.49. The number of fused-ring (bicyclic) bond motifs is 1. The van der Waals surface area contributed by atoms with Crippen molar-refractivity contribution in [1.82, 2.24) is 4.57 Å². The first-order chi connectivity index (χ1) is 7.84. The molecule has 0 saturated carbocycles. The van der Waals surface area contributed by atoms with Gasteiger partial charge in [0.2, 0.25) is 0 Å². The van der Waals surface area contributed by atoms with Crippen molar-refractivity contribution in [3.8, 4) is 0 Å². The van der Waals surface area contributed by atoms with Gasteiger partial charge in [0.05, 0.1) is 5.56 Å². The van der Waals surface area contributed by atoms with Gasteiger partial charge >= 0.3 is 6.18 Å². The molecule has 2 rings (SSSR count). The van der Waals surface area contributed by atoms with Gasteiger partial charge in [0.15, 0.2) is 0 Å². The number of aryl methyl sites for hydroxylation is 1. The largest absolute Gasteiger partial charge is 0.454 e. The number of carbonyl (C=O) groups is 1. The Morgan fingerprint density at radius 1 is 1.24 bits per heavy atom. The Morgan fingerprint density at radius 2 is 1.82 bits per heavy atom. The second-order valence-corrected chi connectivity index (χ2v) is 3.86. The van der Waals surface area contributed by atoms with Gasteiger partial charge in [-0.25, -0.2) is 0 Å². The van der Waals surface area contributed by atoms with Gasteiger partial charge in [-0.05, 0) is 13.0 Å². The van der Waals surface area contributed by atoms with E-state index < -0.39 is 12.0 Å². The van der Waals surface area contributed by atoms with Crippen LogP contribution in [0.2, 0.25) is 0 Å². The average molecular weight is 241 g/mol. The van der Waals surface area contributed by atoms with Crippen LogP contribution in [0.25, 0.3) is 10.9 Å². The summed E-state index contributed by atoms with van der Waals surface area (Å²) in [6.45, 7) is 1.51. The number of hydrogen-bond acceptors (Lipinski definition) is 1. The van der Waals surface area contributed by atoms with E-state index in [1.165, 1.54) is 13.0 Å². The van der Waals surface area contributed by atoms with E-state index >= 15 is 0 Å². The smallest absolute Gasteiger partial charge is 0.347 e. The number of carbonyl (C=O) groups excluding carboxylic acids is 1. The van der Waals surface area contributed by atoms with Crippen LogP contribution in [-0.2, 0) is 7.05 Å². The van der Waals surface area contributed by atoms with Gasteiger partial charge in [-0.3, -0.25) is 4.79 Å². The van der Waals surface area contributed by atoms with Crippen LogP contribution >= 0.6 is 0 Å². The highest BCUT2D eigenvalue weighted by Crippen LogP contribution is 2.30. The summed E-state index contributed by atoms with van der Waals surface area (Å²) in [5, 5.41) is 0.342. The molecular weight excluding hydrogens is 231 g/mol. The highest BCUT2D eigenvalue weighted by atomic mass is 19.4. The summed E-state index contributed by atoms with van der Waals surface area (Å²) >= 11 is 0. The van der Waals surface area contributed by atoms with Crippen LogP contribution in [-0.4, -0.2) is 16.5 Å². The molecule has 0 unspecified atom stereocenters. The quantitative estimate of drug-likeness (QED) is 0.702. The molecule has 2 nitrogen and oxygen atoms in total. The average Bonchev–Trinajstić information content (AvgIpc) is 2.51. The summed E-state index contributed by atoms with van der Waals surface area (Å²) in [6.07, 6.45) is -4.84. The first-order valence-electron chi connectivity index (χ1n) is 4.99. The zero-order chi connectivity index (χ0) is 12.8. The van der Waals surface area contributed by atoms with Gasteiger partial charge in [0, 0.05) is 23.6 Å². The monoisotopic (exact) mass is 241 g/mol. The Labute approximate surface area is 95.7 Å². The molecule has 0 aliphatic rings. The van der Waals surface area contributed by atoms with Crippen molar-refractivity contribution in [2.24, 2.45) is 7.05 Å². The highest BCUT2D eigenvalue weighted by molar-refractivity contribution is 6.11. The molecule has 0 bridgehead atoms. The van der Waals surface area contributed by atoms with E-state index in [1.54, 1.807) is 29.8 Å². The fraction of sp³-hybridized carbons (Fsp3) is 0.250. The van der Waals surface area contributed by atoms with E-state index in [9.17, 15) is 18.0 Å². The lowest BCUT2D eigenvalue weighted by Gasteiger charge is -2.05. The van der Waals surface area contributed by atoms with E-state index in [-0.39, 0.29) is 5.56 Å². The van der Waals surface area contributed by atoms with Gasteiger partial charge in [-0.2, -0.15) is 13.2 Å². The number of Topliss-reactive ketones (excluding diaryl/α,β-unsaturated/α-hetero) is 1. The molecule has 0 atom stereocenters. The van der Waals surface area contributed by atoms with Gasteiger partial charge in [0.25, 0.3) is 5.78 Å². The molecule has 17 heavy (non-hydrogen) atoms. The third-order valence-electron chi connectivity index (χ3n) is 2.88. The number of nitrogens with zero attached hydrogens (tertiary/aromatic N) is 1. The molecule has 2 aromatic rings. The van der Waals surface area contributed by atoms with Crippen molar-refractivity contribution in [2.75, 3.05) is 0 Å². The molecule has 0 N–H and O–H groups in total. The molecule has 0 aliphatic carbocycles. The second kappa shape index (κ2) is 3.61. The van der Waals surface area contributed by atoms with E-state index in [2.05, 4.69) is 0 Å². The van der Waals surface area contributed by atoms with Crippen LogP contribution in [0.4, 0.5) is 13.2 Å². The number of halogens is 3. The summed E-state index contributed by atoms with van der Waals surface area (Å²) in [7, 11) is 1.64. The number of benzene rings is 1. The van der Waals surface area contributed by atoms with Crippen molar-refractivity contribution >= 4 is 16.7 Å². The number of alkyl halides is 3. The van der Waals surface area contributed by atoms with Gasteiger partial charge < -0.3 is 4.57 Å². The Bertz CT molecular complexity index is 596. The van der Waals surface area contributed by atoms with Gasteiger partial charge in [0.1, 0.15) is 0 Å². The molecule has 5 heteroatoms. The van der Waals surface area contributed by atoms with Gasteiger partial charge in [-0.15, -0.1) is 0 Å². The summed E-state index contributed by atoms with van der Waals surface area (Å²) in [5.41, 5.74) is 0.696. The lowest BCUT2D eigenvalue weighted by molar-refractivity contribution is -0.0884. The van der Waals surface area contributed by atoms with E-state index in [0.29, 0.717) is 16.6 Å². The van der Waals surface area contributed by atoms with Crippen molar-refractivity contribution in [3.63, 3.8) is 0 Å². The minimum Gasteiger partial charge on any atom is -0.347 e. The number of hydrogen-bond donors (Lipinski definition) is 0. The minimum atomic E-state index is -4.84. The molecular formula is C12H10F3NO. The first-order valence-corrected chi connectivity index (χ1v) is 4.99. The van der Waals surface area contributed by atoms with Crippen LogP contribution in [0.15, 0.2) is 24.3 Å². The minimum absolute atomic E-state index is 0.254. The summed E-state index contributed by atoms with van der Waals surface area (Å²) < 4.78 is 39.1. The van der Waals surface area contributed by atoms with Crippen LogP contribution in [0, 0.1) is 6.92 Å². The second-order valence-electron chi connectivity index (χ2n) is 3.86. The van der Waals surface area contributed by atoms with Gasteiger partial charge in [-0.1, -0.05) is 18.2 Å². The van der Waals surface area contributed by atoms with E-state index in [1.807, 2.05) is 0 Å². The molecule has 1 aromatic carbocycles. The standard InChI is InChI=1S/C12H10F3NO/c1-7-10(11(17)12(13,14)15)8-5-3-4-6-9(8)16(7)2/h3-6H,1-2H3. The molecule has 0 aliphatic heterocycles. The lowest BCUT2D eigenvalue weighted by Crippen LogP contribution is -2.23. The molecule has 0 spiro atoms. The lowest BCUT2D eigenvalue weighted by atomic mass is 10.1. The molecule has 1 heterocycles. The molecule has 0 amide bonds. The van der Waals surface area contributed by atoms with Crippen molar-refractivity contribution in [1.29, 1.82) is 0 Å². The highest BCUT2D eigenvalue weighted by Gasteiger charge is 2.41. The van der Waals surface area contributed by atoms with Crippen LogP contribution < -0.4 is 0 Å². The maximum Gasteiger partial charge on any atom is 0.454 e. The molecule has 0 radical (unpaired) electrons. The van der Waals surface area contributed by atoms with Crippen LogP contribution in [0.1, 0.15) is 16.1 Å². The first kappa shape index (κ1) is 11.7. The normalized spacial score (nSPS) is 12.1. The fourth-order valence-corrected chi connectivity index (χ4v) is 1.95. The Morgan fingerprint density at radius 3 is 2.41 bits per heavy atom. The van der Waals surface area contributed by atoms with Crippen molar-refractivity contribution in [3.05, 3.63) is 35.5 Å². The predicted molar refractivity (Wildman–Crippen MR) is 58.0 cm³/mol. The Hall–Kier alpha value is -1.78. The van der Waals surface area contributed by atoms with Crippen molar-refractivity contribution < 1.29 is 18.0 Å². The summed E-state index contributed by atoms with van der Waals surface area (Å²) in [5.74, 6) is -1.79. The summed E-state index contributed by atoms with van der Waals surface area (Å²) in [4.78, 5) is 11.4. The zero-order valence-corrected chi connectivity index (χ0v) is 9.30. The molecule has 1 aromatic heterocycles. The molecule has 90 valence electrons. The third kappa shape index (κ3) is 1.71. The predicted octanol–water partition coefficient (Wildman–Crippen LogP) is 3.23. The Balaban J connectivity index is 2.78. The van der Waals surface area contributed by atoms with Crippen molar-refractivity contribution in [2.45, 2.75) is 13.1 Å². The molecule has 0 fully saturated rings. The SMILES string of the molecule is Cc1c(C(=O)C(F)(F)F)c2ccccc2n1C. The topological polar surface area (TPSA) is 22.0 Å². The number of rotatable bonds is 1. The van der Waals surface area contributed by atoms with E-state index in [4.69, 9.17) is 0 Å². The zero-order valence-electron chi connectivity index (χ0n) is 9.30. The van der Waals surface area contributed by atoms with Crippen LogP contribution in [0.3, 0.4) is 0 Å². The third-order valence-corrected chi connectivity index (χ3v) is 2.88. The number of para-hydroxylation sites is 1. The fourth-order valence-electron chi connectivity index (χ4n) is 1.95. The van der Waals surface area contributed by atoms with E-state index in [0.717, 1.165) is 0 Å². The maximum absolute atomic E-state index is 12.5. The maximum atomic E-state index is 12.5.